The molecule has 1 saturated carbocycles. The Kier molecular flexibility index (Phi) is 6.37. The van der Waals surface area contributed by atoms with Crippen LogP contribution < -0.4 is 10.6 Å². The van der Waals surface area contributed by atoms with Gasteiger partial charge in [-0.3, -0.25) is 0 Å². The molecule has 0 amide bonds. The molecule has 1 fully saturated rings. The Labute approximate surface area is 102 Å². The van der Waals surface area contributed by atoms with E-state index >= 15 is 0 Å². The summed E-state index contributed by atoms with van der Waals surface area (Å²) in [5.74, 6) is 0. The summed E-state index contributed by atoms with van der Waals surface area (Å²) in [5, 5.41) is 7.16. The fourth-order valence-electron chi connectivity index (χ4n) is 2.57. The largest absolute Gasteiger partial charge is 0.315 e. The van der Waals surface area contributed by atoms with Crippen LogP contribution in [-0.2, 0) is 0 Å². The van der Waals surface area contributed by atoms with Gasteiger partial charge in [-0.2, -0.15) is 0 Å². The fourth-order valence-corrected chi connectivity index (χ4v) is 2.57. The van der Waals surface area contributed by atoms with Gasteiger partial charge < -0.3 is 10.6 Å². The van der Waals surface area contributed by atoms with Gasteiger partial charge in [0.2, 0.25) is 0 Å². The minimum atomic E-state index is 0.567. The fraction of sp³-hybridized carbons (Fsp3) is 1.00. The minimum absolute atomic E-state index is 0.567. The van der Waals surface area contributed by atoms with Gasteiger partial charge in [-0.15, -0.1) is 0 Å². The highest BCUT2D eigenvalue weighted by molar-refractivity contribution is 4.81. The van der Waals surface area contributed by atoms with E-state index in [1.165, 1.54) is 45.1 Å². The molecule has 0 aliphatic heterocycles. The molecular weight excluding hydrogens is 196 g/mol. The van der Waals surface area contributed by atoms with Crippen LogP contribution in [0.4, 0.5) is 0 Å². The van der Waals surface area contributed by atoms with Crippen molar-refractivity contribution in [3.63, 3.8) is 0 Å². The van der Waals surface area contributed by atoms with Crippen molar-refractivity contribution in [2.45, 2.75) is 65.3 Å². The molecule has 1 aliphatic carbocycles. The summed E-state index contributed by atoms with van der Waals surface area (Å²) in [6, 6.07) is 0.602. The van der Waals surface area contributed by atoms with Crippen LogP contribution in [0, 0.1) is 5.41 Å². The molecule has 2 N–H and O–H groups in total. The molecule has 1 atom stereocenters. The van der Waals surface area contributed by atoms with Crippen molar-refractivity contribution in [2.75, 3.05) is 19.6 Å². The highest BCUT2D eigenvalue weighted by Crippen LogP contribution is 2.34. The van der Waals surface area contributed by atoms with E-state index < -0.39 is 0 Å². The first-order valence-electron chi connectivity index (χ1n) is 7.10. The van der Waals surface area contributed by atoms with Crippen LogP contribution >= 0.6 is 0 Å². The van der Waals surface area contributed by atoms with Gasteiger partial charge in [0.1, 0.15) is 0 Å². The molecule has 0 aromatic heterocycles. The van der Waals surface area contributed by atoms with Crippen molar-refractivity contribution in [2.24, 2.45) is 5.41 Å². The third-order valence-corrected chi connectivity index (χ3v) is 3.82. The third-order valence-electron chi connectivity index (χ3n) is 3.82. The van der Waals surface area contributed by atoms with Crippen molar-refractivity contribution in [1.29, 1.82) is 0 Å². The van der Waals surface area contributed by atoms with Crippen molar-refractivity contribution >= 4 is 0 Å². The van der Waals surface area contributed by atoms with Crippen LogP contribution in [0.5, 0.6) is 0 Å². The first-order chi connectivity index (χ1) is 7.66. The summed E-state index contributed by atoms with van der Waals surface area (Å²) < 4.78 is 0. The summed E-state index contributed by atoms with van der Waals surface area (Å²) >= 11 is 0. The van der Waals surface area contributed by atoms with E-state index in [-0.39, 0.29) is 0 Å². The van der Waals surface area contributed by atoms with Crippen LogP contribution in [-0.4, -0.2) is 25.7 Å². The van der Waals surface area contributed by atoms with E-state index in [0.717, 1.165) is 13.1 Å². The molecule has 0 aromatic carbocycles. The third kappa shape index (κ3) is 5.31. The first kappa shape index (κ1) is 14.0. The lowest BCUT2D eigenvalue weighted by molar-refractivity contribution is 0.201. The monoisotopic (exact) mass is 226 g/mol. The second-order valence-corrected chi connectivity index (χ2v) is 5.86. The Balaban J connectivity index is 2.12. The van der Waals surface area contributed by atoms with E-state index in [1.54, 1.807) is 0 Å². The van der Waals surface area contributed by atoms with Crippen molar-refractivity contribution < 1.29 is 0 Å². The van der Waals surface area contributed by atoms with Crippen LogP contribution in [0.1, 0.15) is 59.3 Å². The number of hydrogen-bond acceptors (Lipinski definition) is 2. The lowest BCUT2D eigenvalue weighted by Crippen LogP contribution is -2.42. The zero-order chi connectivity index (χ0) is 11.9. The molecule has 0 bridgehead atoms. The van der Waals surface area contributed by atoms with Crippen LogP contribution in [0.2, 0.25) is 0 Å². The van der Waals surface area contributed by atoms with Gasteiger partial charge in [-0.25, -0.2) is 0 Å². The molecule has 2 heteroatoms. The maximum Gasteiger partial charge on any atom is 0.0164 e. The second-order valence-electron chi connectivity index (χ2n) is 5.86. The maximum absolute atomic E-state index is 3.69. The normalized spacial score (nSPS) is 21.9. The zero-order valence-corrected chi connectivity index (χ0v) is 11.4. The molecule has 0 aromatic rings. The molecule has 2 nitrogen and oxygen atoms in total. The first-order valence-corrected chi connectivity index (χ1v) is 7.10. The second kappa shape index (κ2) is 7.29. The maximum atomic E-state index is 3.69. The molecule has 16 heavy (non-hydrogen) atoms. The highest BCUT2D eigenvalue weighted by atomic mass is 15.0. The standard InChI is InChI=1S/C14H30N2/c1-4-10-15-11-13(2)16-12-14(3)8-6-5-7-9-14/h13,15-16H,4-12H2,1-3H3. The van der Waals surface area contributed by atoms with Gasteiger partial charge in [-0.05, 0) is 38.1 Å². The van der Waals surface area contributed by atoms with Gasteiger partial charge >= 0.3 is 0 Å². The molecule has 1 unspecified atom stereocenters. The van der Waals surface area contributed by atoms with E-state index in [9.17, 15) is 0 Å². The van der Waals surface area contributed by atoms with Crippen molar-refractivity contribution in [3.8, 4) is 0 Å². The van der Waals surface area contributed by atoms with Crippen LogP contribution in [0.25, 0.3) is 0 Å². The molecule has 0 radical (unpaired) electrons. The molecule has 0 spiro atoms. The van der Waals surface area contributed by atoms with E-state index in [4.69, 9.17) is 0 Å². The topological polar surface area (TPSA) is 24.1 Å². The molecule has 96 valence electrons. The van der Waals surface area contributed by atoms with Gasteiger partial charge in [0.05, 0.1) is 0 Å². The number of rotatable bonds is 7. The summed E-state index contributed by atoms with van der Waals surface area (Å²) in [6.45, 7) is 10.4. The minimum Gasteiger partial charge on any atom is -0.315 e. The Morgan fingerprint density at radius 2 is 1.88 bits per heavy atom. The zero-order valence-electron chi connectivity index (χ0n) is 11.4. The Morgan fingerprint density at radius 3 is 2.50 bits per heavy atom. The van der Waals surface area contributed by atoms with Gasteiger partial charge in [0, 0.05) is 19.1 Å². The average Bonchev–Trinajstić information content (AvgIpc) is 2.28. The lowest BCUT2D eigenvalue weighted by Gasteiger charge is -2.35. The molecular formula is C14H30N2. The van der Waals surface area contributed by atoms with Crippen molar-refractivity contribution in [1.82, 2.24) is 10.6 Å². The van der Waals surface area contributed by atoms with Gasteiger partial charge in [0.15, 0.2) is 0 Å². The quantitative estimate of drug-likeness (QED) is 0.652. The molecule has 0 heterocycles. The summed E-state index contributed by atoms with van der Waals surface area (Å²) in [6.07, 6.45) is 8.36. The van der Waals surface area contributed by atoms with E-state index in [0.29, 0.717) is 11.5 Å². The Bertz CT molecular complexity index is 174. The van der Waals surface area contributed by atoms with Crippen LogP contribution in [0.3, 0.4) is 0 Å². The highest BCUT2D eigenvalue weighted by Gasteiger charge is 2.26. The van der Waals surface area contributed by atoms with Crippen LogP contribution in [0.15, 0.2) is 0 Å². The van der Waals surface area contributed by atoms with Gasteiger partial charge in [-0.1, -0.05) is 33.1 Å². The summed E-state index contributed by atoms with van der Waals surface area (Å²) in [5.41, 5.74) is 0.567. The smallest absolute Gasteiger partial charge is 0.0164 e. The van der Waals surface area contributed by atoms with E-state index in [2.05, 4.69) is 31.4 Å². The molecule has 0 saturated heterocycles. The predicted molar refractivity (Wildman–Crippen MR) is 71.8 cm³/mol. The SMILES string of the molecule is CCCNCC(C)NCC1(C)CCCCC1. The van der Waals surface area contributed by atoms with Gasteiger partial charge in [0.25, 0.3) is 0 Å². The predicted octanol–water partition coefficient (Wildman–Crippen LogP) is 2.93. The molecule has 1 aliphatic rings. The van der Waals surface area contributed by atoms with E-state index in [1.807, 2.05) is 0 Å². The molecule has 1 rings (SSSR count). The Morgan fingerprint density at radius 1 is 1.19 bits per heavy atom. The van der Waals surface area contributed by atoms with Crippen molar-refractivity contribution in [3.05, 3.63) is 0 Å². The summed E-state index contributed by atoms with van der Waals surface area (Å²) in [7, 11) is 0. The number of nitrogens with one attached hydrogen (secondary N) is 2. The average molecular weight is 226 g/mol. The lowest BCUT2D eigenvalue weighted by atomic mass is 9.75. The summed E-state index contributed by atoms with van der Waals surface area (Å²) in [4.78, 5) is 0. The number of hydrogen-bond donors (Lipinski definition) is 2. The Hall–Kier alpha value is -0.0800.